The molecular weight excluding hydrogens is 202 g/mol. The number of carbonyl (C=O) groups is 1. The Morgan fingerprint density at radius 1 is 1.19 bits per heavy atom. The lowest BCUT2D eigenvalue weighted by Gasteiger charge is -2.01. The van der Waals surface area contributed by atoms with Crippen molar-refractivity contribution in [3.63, 3.8) is 0 Å². The normalized spacial score (nSPS) is 9.44. The molecule has 0 radical (unpaired) electrons. The molecule has 16 heavy (non-hydrogen) atoms. The SMILES string of the molecule is CC.Cc1cccc2ccc(C(=O)O)nc12. The summed E-state index contributed by atoms with van der Waals surface area (Å²) in [6.07, 6.45) is 0. The molecule has 3 nitrogen and oxygen atoms in total. The van der Waals surface area contributed by atoms with Gasteiger partial charge in [0.15, 0.2) is 0 Å². The van der Waals surface area contributed by atoms with Gasteiger partial charge in [-0.25, -0.2) is 9.78 Å². The first-order valence-corrected chi connectivity index (χ1v) is 5.28. The maximum atomic E-state index is 10.7. The largest absolute Gasteiger partial charge is 0.477 e. The van der Waals surface area contributed by atoms with Gasteiger partial charge in [-0.15, -0.1) is 0 Å². The van der Waals surface area contributed by atoms with Gasteiger partial charge in [0.25, 0.3) is 0 Å². The number of para-hydroxylation sites is 1. The lowest BCUT2D eigenvalue weighted by atomic mass is 10.1. The van der Waals surface area contributed by atoms with Crippen LogP contribution in [-0.2, 0) is 0 Å². The molecule has 0 unspecified atom stereocenters. The quantitative estimate of drug-likeness (QED) is 0.797. The Kier molecular flexibility index (Phi) is 4.00. The summed E-state index contributed by atoms with van der Waals surface area (Å²) in [6.45, 7) is 5.92. The molecular formula is C13H15NO2. The highest BCUT2D eigenvalue weighted by Crippen LogP contribution is 2.16. The molecule has 2 rings (SSSR count). The highest BCUT2D eigenvalue weighted by Gasteiger charge is 2.05. The van der Waals surface area contributed by atoms with Crippen LogP contribution >= 0.6 is 0 Å². The Morgan fingerprint density at radius 3 is 2.50 bits per heavy atom. The predicted octanol–water partition coefficient (Wildman–Crippen LogP) is 3.27. The van der Waals surface area contributed by atoms with E-state index < -0.39 is 5.97 Å². The zero-order chi connectivity index (χ0) is 12.1. The fourth-order valence-electron chi connectivity index (χ4n) is 1.41. The Morgan fingerprint density at radius 2 is 1.88 bits per heavy atom. The van der Waals surface area contributed by atoms with E-state index in [1.807, 2.05) is 39.0 Å². The molecule has 0 saturated carbocycles. The first-order valence-electron chi connectivity index (χ1n) is 5.28. The van der Waals surface area contributed by atoms with Crippen LogP contribution in [0.15, 0.2) is 30.3 Å². The van der Waals surface area contributed by atoms with E-state index in [0.717, 1.165) is 16.5 Å². The smallest absolute Gasteiger partial charge is 0.354 e. The Balaban J connectivity index is 0.000000606. The van der Waals surface area contributed by atoms with Gasteiger partial charge in [0.05, 0.1) is 5.52 Å². The summed E-state index contributed by atoms with van der Waals surface area (Å²) in [4.78, 5) is 14.8. The number of nitrogens with zero attached hydrogens (tertiary/aromatic N) is 1. The number of hydrogen-bond donors (Lipinski definition) is 1. The van der Waals surface area contributed by atoms with E-state index in [1.165, 1.54) is 6.07 Å². The highest BCUT2D eigenvalue weighted by molar-refractivity contribution is 5.90. The summed E-state index contributed by atoms with van der Waals surface area (Å²) in [5.41, 5.74) is 1.84. The van der Waals surface area contributed by atoms with Crippen molar-refractivity contribution in [1.29, 1.82) is 0 Å². The molecule has 0 saturated heterocycles. The average Bonchev–Trinajstić information content (AvgIpc) is 2.32. The molecule has 84 valence electrons. The van der Waals surface area contributed by atoms with Gasteiger partial charge in [-0.05, 0) is 18.6 Å². The number of carboxylic acid groups (broad SMARTS) is 1. The summed E-state index contributed by atoms with van der Waals surface area (Å²) in [5, 5.41) is 9.74. The molecule has 0 atom stereocenters. The predicted molar refractivity (Wildman–Crippen MR) is 64.8 cm³/mol. The van der Waals surface area contributed by atoms with Crippen LogP contribution in [0, 0.1) is 6.92 Å². The number of rotatable bonds is 1. The number of aryl methyl sites for hydroxylation is 1. The second-order valence-corrected chi connectivity index (χ2v) is 3.15. The lowest BCUT2D eigenvalue weighted by Crippen LogP contribution is -2.00. The standard InChI is InChI=1S/C11H9NO2.C2H6/c1-7-3-2-4-8-5-6-9(11(13)14)12-10(7)8;1-2/h2-6H,1H3,(H,13,14);1-2H3. The molecule has 1 aromatic carbocycles. The van der Waals surface area contributed by atoms with E-state index >= 15 is 0 Å². The van der Waals surface area contributed by atoms with Crippen LogP contribution in [0.2, 0.25) is 0 Å². The second-order valence-electron chi connectivity index (χ2n) is 3.15. The van der Waals surface area contributed by atoms with E-state index in [-0.39, 0.29) is 5.69 Å². The fraction of sp³-hybridized carbons (Fsp3) is 0.231. The summed E-state index contributed by atoms with van der Waals surface area (Å²) in [5.74, 6) is -0.991. The van der Waals surface area contributed by atoms with Crippen LogP contribution in [-0.4, -0.2) is 16.1 Å². The summed E-state index contributed by atoms with van der Waals surface area (Å²) >= 11 is 0. The summed E-state index contributed by atoms with van der Waals surface area (Å²) in [7, 11) is 0. The Labute approximate surface area is 94.8 Å². The van der Waals surface area contributed by atoms with Gasteiger partial charge in [0.1, 0.15) is 5.69 Å². The molecule has 0 aliphatic heterocycles. The second kappa shape index (κ2) is 5.26. The van der Waals surface area contributed by atoms with Crippen LogP contribution in [0.3, 0.4) is 0 Å². The van der Waals surface area contributed by atoms with Crippen LogP contribution in [0.4, 0.5) is 0 Å². The topological polar surface area (TPSA) is 50.2 Å². The van der Waals surface area contributed by atoms with Crippen molar-refractivity contribution < 1.29 is 9.90 Å². The molecule has 3 heteroatoms. The first kappa shape index (κ1) is 12.2. The fourth-order valence-corrected chi connectivity index (χ4v) is 1.41. The maximum absolute atomic E-state index is 10.7. The number of aromatic nitrogens is 1. The Hall–Kier alpha value is -1.90. The van der Waals surface area contributed by atoms with Crippen molar-refractivity contribution in [2.75, 3.05) is 0 Å². The molecule has 1 heterocycles. The Bertz CT molecular complexity index is 506. The van der Waals surface area contributed by atoms with Gasteiger partial charge < -0.3 is 5.11 Å². The maximum Gasteiger partial charge on any atom is 0.354 e. The zero-order valence-corrected chi connectivity index (χ0v) is 9.69. The average molecular weight is 217 g/mol. The third-order valence-electron chi connectivity index (χ3n) is 2.14. The molecule has 1 N–H and O–H groups in total. The van der Waals surface area contributed by atoms with E-state index in [4.69, 9.17) is 5.11 Å². The minimum absolute atomic E-state index is 0.0896. The monoisotopic (exact) mass is 217 g/mol. The van der Waals surface area contributed by atoms with Gasteiger partial charge in [0.2, 0.25) is 0 Å². The van der Waals surface area contributed by atoms with E-state index in [2.05, 4.69) is 4.98 Å². The molecule has 0 bridgehead atoms. The minimum Gasteiger partial charge on any atom is -0.477 e. The van der Waals surface area contributed by atoms with Crippen molar-refractivity contribution in [3.8, 4) is 0 Å². The third-order valence-corrected chi connectivity index (χ3v) is 2.14. The molecule has 1 aromatic heterocycles. The zero-order valence-electron chi connectivity index (χ0n) is 9.69. The van der Waals surface area contributed by atoms with Gasteiger partial charge in [-0.1, -0.05) is 38.1 Å². The minimum atomic E-state index is -0.991. The molecule has 2 aromatic rings. The van der Waals surface area contributed by atoms with Crippen molar-refractivity contribution in [2.45, 2.75) is 20.8 Å². The van der Waals surface area contributed by atoms with Gasteiger partial charge >= 0.3 is 5.97 Å². The third kappa shape index (κ3) is 2.37. The summed E-state index contributed by atoms with van der Waals surface area (Å²) in [6, 6.07) is 9.06. The van der Waals surface area contributed by atoms with Gasteiger partial charge in [0, 0.05) is 5.39 Å². The van der Waals surface area contributed by atoms with Crippen molar-refractivity contribution in [1.82, 2.24) is 4.98 Å². The summed E-state index contributed by atoms with van der Waals surface area (Å²) < 4.78 is 0. The van der Waals surface area contributed by atoms with Crippen LogP contribution in [0.25, 0.3) is 10.9 Å². The number of carboxylic acids is 1. The van der Waals surface area contributed by atoms with Crippen molar-refractivity contribution in [2.24, 2.45) is 0 Å². The van der Waals surface area contributed by atoms with E-state index in [9.17, 15) is 4.79 Å². The molecule has 0 fully saturated rings. The molecule has 0 amide bonds. The van der Waals surface area contributed by atoms with Crippen LogP contribution < -0.4 is 0 Å². The van der Waals surface area contributed by atoms with Crippen LogP contribution in [0.5, 0.6) is 0 Å². The lowest BCUT2D eigenvalue weighted by molar-refractivity contribution is 0.0691. The van der Waals surface area contributed by atoms with Gasteiger partial charge in [-0.3, -0.25) is 0 Å². The number of aromatic carboxylic acids is 1. The number of benzene rings is 1. The number of pyridine rings is 1. The van der Waals surface area contributed by atoms with E-state index in [1.54, 1.807) is 6.07 Å². The number of hydrogen-bond acceptors (Lipinski definition) is 2. The van der Waals surface area contributed by atoms with Crippen LogP contribution in [0.1, 0.15) is 29.9 Å². The molecule has 0 aliphatic carbocycles. The highest BCUT2D eigenvalue weighted by atomic mass is 16.4. The van der Waals surface area contributed by atoms with Crippen molar-refractivity contribution >= 4 is 16.9 Å². The van der Waals surface area contributed by atoms with E-state index in [0.29, 0.717) is 0 Å². The van der Waals surface area contributed by atoms with Gasteiger partial charge in [-0.2, -0.15) is 0 Å². The van der Waals surface area contributed by atoms with Crippen molar-refractivity contribution in [3.05, 3.63) is 41.6 Å². The first-order chi connectivity index (χ1) is 7.68. The number of fused-ring (bicyclic) bond motifs is 1. The molecule has 0 aliphatic rings. The molecule has 0 spiro atoms.